The van der Waals surface area contributed by atoms with Crippen LogP contribution in [0.25, 0.3) is 6.08 Å². The summed E-state index contributed by atoms with van der Waals surface area (Å²) in [5, 5.41) is 2.61. The summed E-state index contributed by atoms with van der Waals surface area (Å²) in [7, 11) is 0. The Bertz CT molecular complexity index is 683. The first kappa shape index (κ1) is 15.3. The molecule has 4 amide bonds. The zero-order valence-corrected chi connectivity index (χ0v) is 12.2. The van der Waals surface area contributed by atoms with E-state index in [2.05, 4.69) is 11.9 Å². The van der Waals surface area contributed by atoms with E-state index in [4.69, 9.17) is 23.2 Å². The Labute approximate surface area is 130 Å². The summed E-state index contributed by atoms with van der Waals surface area (Å²) >= 11 is 11.9. The van der Waals surface area contributed by atoms with Crippen LogP contribution < -0.4 is 5.32 Å². The van der Waals surface area contributed by atoms with Crippen LogP contribution in [0.5, 0.6) is 0 Å². The zero-order valence-electron chi connectivity index (χ0n) is 10.7. The highest BCUT2D eigenvalue weighted by molar-refractivity contribution is 6.43. The minimum atomic E-state index is -0.778. The second-order valence-corrected chi connectivity index (χ2v) is 4.95. The van der Waals surface area contributed by atoms with Crippen molar-refractivity contribution < 1.29 is 14.4 Å². The van der Waals surface area contributed by atoms with E-state index in [-0.39, 0.29) is 17.1 Å². The third-order valence-corrected chi connectivity index (χ3v) is 3.61. The number of rotatable bonds is 3. The lowest BCUT2D eigenvalue weighted by atomic mass is 10.1. The largest absolute Gasteiger partial charge is 0.331 e. The summed E-state index contributed by atoms with van der Waals surface area (Å²) in [4.78, 5) is 36.5. The quantitative estimate of drug-likeness (QED) is 0.528. The van der Waals surface area contributed by atoms with Gasteiger partial charge in [-0.05, 0) is 17.7 Å². The second kappa shape index (κ2) is 6.11. The maximum Gasteiger partial charge on any atom is 0.331 e. The predicted octanol–water partition coefficient (Wildman–Crippen LogP) is 2.64. The molecule has 0 radical (unpaired) electrons. The highest BCUT2D eigenvalue weighted by Crippen LogP contribution is 2.28. The third kappa shape index (κ3) is 2.99. The summed E-state index contributed by atoms with van der Waals surface area (Å²) in [6.07, 6.45) is 2.69. The molecule has 1 aliphatic rings. The first-order valence-corrected chi connectivity index (χ1v) is 6.65. The van der Waals surface area contributed by atoms with E-state index in [0.29, 0.717) is 10.6 Å². The molecule has 0 unspecified atom stereocenters. The average molecular weight is 325 g/mol. The molecule has 108 valence electrons. The standard InChI is InChI=1S/C14H10Cl2N2O3/c1-2-6-18-13(20)9(12(19)17-14(18)21)7-8-4-3-5-10(15)11(8)16/h2-5,7H,1,6H2,(H,17,19,21)/b9-7-. The summed E-state index contributed by atoms with van der Waals surface area (Å²) in [6, 6.07) is 4.05. The molecule has 1 aromatic rings. The molecule has 1 aliphatic heterocycles. The number of hydrogen-bond acceptors (Lipinski definition) is 3. The van der Waals surface area contributed by atoms with Gasteiger partial charge in [0.1, 0.15) is 5.57 Å². The van der Waals surface area contributed by atoms with E-state index in [1.54, 1.807) is 18.2 Å². The molecule has 2 rings (SSSR count). The zero-order chi connectivity index (χ0) is 15.6. The smallest absolute Gasteiger partial charge is 0.273 e. The molecule has 1 saturated heterocycles. The van der Waals surface area contributed by atoms with E-state index < -0.39 is 17.8 Å². The predicted molar refractivity (Wildman–Crippen MR) is 79.9 cm³/mol. The SMILES string of the molecule is C=CCN1C(=O)NC(=O)/C(=C/c2cccc(Cl)c2Cl)C1=O. The summed E-state index contributed by atoms with van der Waals surface area (Å²) < 4.78 is 0. The van der Waals surface area contributed by atoms with Crippen LogP contribution in [0.2, 0.25) is 10.0 Å². The Kier molecular flexibility index (Phi) is 4.45. The number of imide groups is 2. The van der Waals surface area contributed by atoms with Gasteiger partial charge in [-0.2, -0.15) is 0 Å². The first-order chi connectivity index (χ1) is 9.95. The van der Waals surface area contributed by atoms with Gasteiger partial charge in [0.2, 0.25) is 0 Å². The number of urea groups is 1. The van der Waals surface area contributed by atoms with Crippen molar-refractivity contribution in [1.29, 1.82) is 0 Å². The lowest BCUT2D eigenvalue weighted by molar-refractivity contribution is -0.129. The molecule has 1 fully saturated rings. The molecule has 0 aliphatic carbocycles. The van der Waals surface area contributed by atoms with Crippen molar-refractivity contribution >= 4 is 47.1 Å². The number of benzene rings is 1. The Hall–Kier alpha value is -2.11. The first-order valence-electron chi connectivity index (χ1n) is 5.89. The van der Waals surface area contributed by atoms with Gasteiger partial charge in [-0.3, -0.25) is 19.8 Å². The molecule has 1 aromatic carbocycles. The lowest BCUT2D eigenvalue weighted by Crippen LogP contribution is -2.54. The molecule has 0 saturated carbocycles. The monoisotopic (exact) mass is 324 g/mol. The van der Waals surface area contributed by atoms with Crippen LogP contribution in [0.15, 0.2) is 36.4 Å². The van der Waals surface area contributed by atoms with Gasteiger partial charge in [0.15, 0.2) is 0 Å². The van der Waals surface area contributed by atoms with E-state index in [1.165, 1.54) is 12.2 Å². The molecule has 0 aromatic heterocycles. The van der Waals surface area contributed by atoms with Crippen molar-refractivity contribution in [2.45, 2.75) is 0 Å². The molecule has 21 heavy (non-hydrogen) atoms. The molecule has 0 spiro atoms. The van der Waals surface area contributed by atoms with Gasteiger partial charge in [0, 0.05) is 6.54 Å². The molecular weight excluding hydrogens is 315 g/mol. The fraction of sp³-hybridized carbons (Fsp3) is 0.0714. The molecule has 1 N–H and O–H groups in total. The molecule has 7 heteroatoms. The molecule has 1 heterocycles. The van der Waals surface area contributed by atoms with Crippen molar-refractivity contribution in [2.24, 2.45) is 0 Å². The van der Waals surface area contributed by atoms with Crippen LogP contribution in [0.3, 0.4) is 0 Å². The number of nitrogens with zero attached hydrogens (tertiary/aromatic N) is 1. The van der Waals surface area contributed by atoms with Crippen molar-refractivity contribution in [1.82, 2.24) is 10.2 Å². The number of halogens is 2. The minimum absolute atomic E-state index is 0.00142. The highest BCUT2D eigenvalue weighted by Gasteiger charge is 2.35. The van der Waals surface area contributed by atoms with E-state index in [1.807, 2.05) is 0 Å². The van der Waals surface area contributed by atoms with Gasteiger partial charge in [0.05, 0.1) is 10.0 Å². The maximum atomic E-state index is 12.2. The van der Waals surface area contributed by atoms with E-state index in [0.717, 1.165) is 4.90 Å². The average Bonchev–Trinajstić information content (AvgIpc) is 2.44. The van der Waals surface area contributed by atoms with Gasteiger partial charge in [0.25, 0.3) is 11.8 Å². The van der Waals surface area contributed by atoms with Crippen molar-refractivity contribution in [3.8, 4) is 0 Å². The Morgan fingerprint density at radius 3 is 2.62 bits per heavy atom. The number of nitrogens with one attached hydrogen (secondary N) is 1. The highest BCUT2D eigenvalue weighted by atomic mass is 35.5. The number of amides is 4. The lowest BCUT2D eigenvalue weighted by Gasteiger charge is -2.25. The van der Waals surface area contributed by atoms with Crippen LogP contribution in [-0.2, 0) is 9.59 Å². The van der Waals surface area contributed by atoms with Gasteiger partial charge < -0.3 is 0 Å². The molecular formula is C14H10Cl2N2O3. The summed E-state index contributed by atoms with van der Waals surface area (Å²) in [5.41, 5.74) is 0.219. The van der Waals surface area contributed by atoms with Crippen LogP contribution in [0.4, 0.5) is 4.79 Å². The summed E-state index contributed by atoms with van der Waals surface area (Å²) in [5.74, 6) is -1.49. The van der Waals surface area contributed by atoms with Crippen LogP contribution in [0.1, 0.15) is 5.56 Å². The van der Waals surface area contributed by atoms with Crippen molar-refractivity contribution in [3.63, 3.8) is 0 Å². The minimum Gasteiger partial charge on any atom is -0.273 e. The molecule has 5 nitrogen and oxygen atoms in total. The normalized spacial score (nSPS) is 17.1. The van der Waals surface area contributed by atoms with Crippen molar-refractivity contribution in [3.05, 3.63) is 52.0 Å². The van der Waals surface area contributed by atoms with Gasteiger partial charge in [-0.15, -0.1) is 6.58 Å². The van der Waals surface area contributed by atoms with Gasteiger partial charge in [-0.25, -0.2) is 4.79 Å². The van der Waals surface area contributed by atoms with Crippen LogP contribution in [0, 0.1) is 0 Å². The molecule has 0 bridgehead atoms. The van der Waals surface area contributed by atoms with Crippen molar-refractivity contribution in [2.75, 3.05) is 6.54 Å². The Morgan fingerprint density at radius 1 is 1.24 bits per heavy atom. The van der Waals surface area contributed by atoms with E-state index >= 15 is 0 Å². The number of carbonyl (C=O) groups excluding carboxylic acids is 3. The Balaban J connectivity index is 2.45. The number of barbiturate groups is 1. The second-order valence-electron chi connectivity index (χ2n) is 4.16. The topological polar surface area (TPSA) is 66.5 Å². The van der Waals surface area contributed by atoms with Gasteiger partial charge >= 0.3 is 6.03 Å². The van der Waals surface area contributed by atoms with Crippen LogP contribution in [-0.4, -0.2) is 29.3 Å². The summed E-state index contributed by atoms with van der Waals surface area (Å²) in [6.45, 7) is 3.46. The maximum absolute atomic E-state index is 12.2. The van der Waals surface area contributed by atoms with E-state index in [9.17, 15) is 14.4 Å². The molecule has 0 atom stereocenters. The number of carbonyl (C=O) groups is 3. The third-order valence-electron chi connectivity index (χ3n) is 2.78. The Morgan fingerprint density at radius 2 is 1.95 bits per heavy atom. The van der Waals surface area contributed by atoms with Crippen LogP contribution >= 0.6 is 23.2 Å². The fourth-order valence-electron chi connectivity index (χ4n) is 1.78. The fourth-order valence-corrected chi connectivity index (χ4v) is 2.14. The number of hydrogen-bond donors (Lipinski definition) is 1. The van der Waals surface area contributed by atoms with Gasteiger partial charge in [-0.1, -0.05) is 41.4 Å².